The standard InChI is InChI=1S/C12H9BrN2O2/c13-9-1-3-10(4-2-9)14-11-5-7-12(8-6-11)15(16)17/h1-8,14H. The molecular formula is C12H9BrN2O2. The van der Waals surface area contributed by atoms with E-state index >= 15 is 0 Å². The Morgan fingerprint density at radius 2 is 1.41 bits per heavy atom. The van der Waals surface area contributed by atoms with Crippen molar-refractivity contribution in [2.75, 3.05) is 5.32 Å². The van der Waals surface area contributed by atoms with Gasteiger partial charge in [0.15, 0.2) is 0 Å². The average molecular weight is 293 g/mol. The lowest BCUT2D eigenvalue weighted by atomic mass is 10.2. The summed E-state index contributed by atoms with van der Waals surface area (Å²) in [5, 5.41) is 13.6. The monoisotopic (exact) mass is 292 g/mol. The number of nitrogens with one attached hydrogen (secondary N) is 1. The maximum Gasteiger partial charge on any atom is 0.269 e. The largest absolute Gasteiger partial charge is 0.356 e. The number of hydrogen-bond donors (Lipinski definition) is 1. The third-order valence-electron chi connectivity index (χ3n) is 2.21. The molecule has 0 aromatic heterocycles. The van der Waals surface area contributed by atoms with Gasteiger partial charge in [-0.15, -0.1) is 0 Å². The van der Waals surface area contributed by atoms with Crippen LogP contribution >= 0.6 is 15.9 Å². The minimum atomic E-state index is -0.413. The Kier molecular flexibility index (Phi) is 3.39. The Hall–Kier alpha value is -1.88. The molecular weight excluding hydrogens is 284 g/mol. The molecule has 0 bridgehead atoms. The first-order valence-corrected chi connectivity index (χ1v) is 5.71. The molecule has 0 saturated carbocycles. The third-order valence-corrected chi connectivity index (χ3v) is 2.74. The number of nitrogens with zero attached hydrogens (tertiary/aromatic N) is 1. The van der Waals surface area contributed by atoms with E-state index in [2.05, 4.69) is 21.2 Å². The summed E-state index contributed by atoms with van der Waals surface area (Å²) in [6.45, 7) is 0. The highest BCUT2D eigenvalue weighted by Gasteiger charge is 2.03. The molecule has 5 heteroatoms. The second-order valence-corrected chi connectivity index (χ2v) is 4.35. The van der Waals surface area contributed by atoms with Crippen molar-refractivity contribution >= 4 is 33.0 Å². The highest BCUT2D eigenvalue weighted by molar-refractivity contribution is 9.10. The van der Waals surface area contributed by atoms with Crippen LogP contribution in [-0.2, 0) is 0 Å². The van der Waals surface area contributed by atoms with E-state index in [-0.39, 0.29) is 5.69 Å². The van der Waals surface area contributed by atoms with Gasteiger partial charge in [0.25, 0.3) is 5.69 Å². The highest BCUT2D eigenvalue weighted by Crippen LogP contribution is 2.21. The number of nitro groups is 1. The van der Waals surface area contributed by atoms with Gasteiger partial charge in [0.2, 0.25) is 0 Å². The fourth-order valence-electron chi connectivity index (χ4n) is 1.37. The summed E-state index contributed by atoms with van der Waals surface area (Å²) in [5.74, 6) is 0. The van der Waals surface area contributed by atoms with Gasteiger partial charge in [-0.2, -0.15) is 0 Å². The predicted molar refractivity (Wildman–Crippen MR) is 70.5 cm³/mol. The third kappa shape index (κ3) is 3.04. The van der Waals surface area contributed by atoms with Crippen LogP contribution in [0.4, 0.5) is 17.1 Å². The molecule has 0 heterocycles. The second kappa shape index (κ2) is 4.97. The van der Waals surface area contributed by atoms with E-state index in [1.165, 1.54) is 12.1 Å². The lowest BCUT2D eigenvalue weighted by Crippen LogP contribution is -1.91. The van der Waals surface area contributed by atoms with Crippen LogP contribution in [0.2, 0.25) is 0 Å². The summed E-state index contributed by atoms with van der Waals surface area (Å²) in [4.78, 5) is 10.1. The molecule has 0 amide bonds. The minimum Gasteiger partial charge on any atom is -0.356 e. The summed E-state index contributed by atoms with van der Waals surface area (Å²) in [7, 11) is 0. The van der Waals surface area contributed by atoms with Gasteiger partial charge in [0, 0.05) is 28.0 Å². The van der Waals surface area contributed by atoms with E-state index < -0.39 is 4.92 Å². The summed E-state index contributed by atoms with van der Waals surface area (Å²) in [5.41, 5.74) is 1.84. The first-order chi connectivity index (χ1) is 8.15. The molecule has 4 nitrogen and oxygen atoms in total. The van der Waals surface area contributed by atoms with Crippen molar-refractivity contribution in [3.05, 3.63) is 63.1 Å². The van der Waals surface area contributed by atoms with Gasteiger partial charge in [-0.05, 0) is 36.4 Å². The van der Waals surface area contributed by atoms with Crippen LogP contribution in [0, 0.1) is 10.1 Å². The Morgan fingerprint density at radius 1 is 0.941 bits per heavy atom. The average Bonchev–Trinajstić information content (AvgIpc) is 2.33. The van der Waals surface area contributed by atoms with Crippen molar-refractivity contribution in [3.63, 3.8) is 0 Å². The molecule has 2 aromatic rings. The lowest BCUT2D eigenvalue weighted by molar-refractivity contribution is -0.384. The Balaban J connectivity index is 2.13. The maximum absolute atomic E-state index is 10.5. The Morgan fingerprint density at radius 3 is 1.88 bits per heavy atom. The number of non-ortho nitro benzene ring substituents is 1. The molecule has 0 aliphatic carbocycles. The van der Waals surface area contributed by atoms with Crippen LogP contribution in [0.5, 0.6) is 0 Å². The molecule has 0 radical (unpaired) electrons. The molecule has 17 heavy (non-hydrogen) atoms. The van der Waals surface area contributed by atoms with E-state index in [1.807, 2.05) is 24.3 Å². The van der Waals surface area contributed by atoms with Gasteiger partial charge in [-0.1, -0.05) is 15.9 Å². The van der Waals surface area contributed by atoms with Gasteiger partial charge >= 0.3 is 0 Å². The molecule has 86 valence electrons. The van der Waals surface area contributed by atoms with Crippen LogP contribution in [0.1, 0.15) is 0 Å². The number of hydrogen-bond acceptors (Lipinski definition) is 3. The van der Waals surface area contributed by atoms with Gasteiger partial charge in [0.1, 0.15) is 0 Å². The van der Waals surface area contributed by atoms with Gasteiger partial charge in [0.05, 0.1) is 4.92 Å². The fraction of sp³-hybridized carbons (Fsp3) is 0. The molecule has 0 aliphatic rings. The minimum absolute atomic E-state index is 0.0892. The Labute approximate surface area is 107 Å². The molecule has 2 rings (SSSR count). The predicted octanol–water partition coefficient (Wildman–Crippen LogP) is 4.10. The first-order valence-electron chi connectivity index (χ1n) is 4.92. The van der Waals surface area contributed by atoms with Crippen molar-refractivity contribution in [2.24, 2.45) is 0 Å². The molecule has 0 unspecified atom stereocenters. The number of benzene rings is 2. The Bertz CT molecular complexity index is 523. The molecule has 0 atom stereocenters. The number of rotatable bonds is 3. The summed E-state index contributed by atoms with van der Waals surface area (Å²) >= 11 is 3.35. The van der Waals surface area contributed by atoms with Crippen LogP contribution in [0.15, 0.2) is 53.0 Å². The van der Waals surface area contributed by atoms with Gasteiger partial charge in [-0.25, -0.2) is 0 Å². The fourth-order valence-corrected chi connectivity index (χ4v) is 1.63. The van der Waals surface area contributed by atoms with E-state index in [0.717, 1.165) is 15.8 Å². The number of nitro benzene ring substituents is 1. The number of anilines is 2. The van der Waals surface area contributed by atoms with Crippen LogP contribution < -0.4 is 5.32 Å². The zero-order valence-electron chi connectivity index (χ0n) is 8.76. The molecule has 0 fully saturated rings. The highest BCUT2D eigenvalue weighted by atomic mass is 79.9. The van der Waals surface area contributed by atoms with Crippen molar-refractivity contribution in [1.82, 2.24) is 0 Å². The molecule has 0 spiro atoms. The molecule has 0 aliphatic heterocycles. The zero-order valence-corrected chi connectivity index (χ0v) is 10.3. The molecule has 2 aromatic carbocycles. The SMILES string of the molecule is O=[N+]([O-])c1ccc(Nc2ccc(Br)cc2)cc1. The van der Waals surface area contributed by atoms with Crippen LogP contribution in [0.3, 0.4) is 0 Å². The normalized spacial score (nSPS) is 9.94. The second-order valence-electron chi connectivity index (χ2n) is 3.44. The van der Waals surface area contributed by atoms with Crippen molar-refractivity contribution in [2.45, 2.75) is 0 Å². The smallest absolute Gasteiger partial charge is 0.269 e. The van der Waals surface area contributed by atoms with Gasteiger partial charge in [-0.3, -0.25) is 10.1 Å². The number of halogens is 1. The summed E-state index contributed by atoms with van der Waals surface area (Å²) < 4.78 is 1.01. The van der Waals surface area contributed by atoms with Crippen LogP contribution in [0.25, 0.3) is 0 Å². The molecule has 1 N–H and O–H groups in total. The van der Waals surface area contributed by atoms with Crippen molar-refractivity contribution in [3.8, 4) is 0 Å². The summed E-state index contributed by atoms with van der Waals surface area (Å²) in [6.07, 6.45) is 0. The lowest BCUT2D eigenvalue weighted by Gasteiger charge is -2.05. The van der Waals surface area contributed by atoms with Crippen molar-refractivity contribution < 1.29 is 4.92 Å². The topological polar surface area (TPSA) is 55.2 Å². The first kappa shape index (κ1) is 11.6. The van der Waals surface area contributed by atoms with Crippen LogP contribution in [-0.4, -0.2) is 4.92 Å². The zero-order chi connectivity index (χ0) is 12.3. The van der Waals surface area contributed by atoms with Crippen molar-refractivity contribution in [1.29, 1.82) is 0 Å². The quantitative estimate of drug-likeness (QED) is 0.684. The van der Waals surface area contributed by atoms with E-state index in [4.69, 9.17) is 0 Å². The molecule has 0 saturated heterocycles. The van der Waals surface area contributed by atoms with E-state index in [9.17, 15) is 10.1 Å². The maximum atomic E-state index is 10.5. The van der Waals surface area contributed by atoms with E-state index in [0.29, 0.717) is 0 Å². The summed E-state index contributed by atoms with van der Waals surface area (Å²) in [6, 6.07) is 14.0. The van der Waals surface area contributed by atoms with E-state index in [1.54, 1.807) is 12.1 Å². The van der Waals surface area contributed by atoms with Gasteiger partial charge < -0.3 is 5.32 Å².